The maximum Gasteiger partial charge on any atom is 0.253 e. The fraction of sp³-hybridized carbons (Fsp3) is 0.214. The summed E-state index contributed by atoms with van der Waals surface area (Å²) >= 11 is 0. The normalized spacial score (nSPS) is 15.0. The van der Waals surface area contributed by atoms with Crippen LogP contribution < -0.4 is 4.74 Å². The summed E-state index contributed by atoms with van der Waals surface area (Å²) in [6.07, 6.45) is 0. The molecule has 4 aromatic rings. The van der Waals surface area contributed by atoms with Gasteiger partial charge in [-0.3, -0.25) is 14.5 Å². The molecule has 1 aromatic heterocycles. The van der Waals surface area contributed by atoms with Gasteiger partial charge in [-0.05, 0) is 47.5 Å². The number of carbonyl (C=O) groups excluding carboxylic acids is 2. The number of ether oxygens (including phenoxy) is 1. The summed E-state index contributed by atoms with van der Waals surface area (Å²) in [6, 6.07) is 20.5. The van der Waals surface area contributed by atoms with Gasteiger partial charge in [0.1, 0.15) is 5.75 Å². The number of fused-ring (bicyclic) bond motifs is 3. The van der Waals surface area contributed by atoms with Gasteiger partial charge in [0, 0.05) is 48.4 Å². The number of aromatic nitrogens is 2. The van der Waals surface area contributed by atoms with Crippen LogP contribution in [0.3, 0.4) is 0 Å². The number of carbonyl (C=O) groups is 2. The Balaban J connectivity index is 1.08. The first-order valence-electron chi connectivity index (χ1n) is 11.9. The predicted molar refractivity (Wildman–Crippen MR) is 133 cm³/mol. The van der Waals surface area contributed by atoms with Crippen molar-refractivity contribution < 1.29 is 18.8 Å². The van der Waals surface area contributed by atoms with Crippen LogP contribution in [0.4, 0.5) is 0 Å². The highest BCUT2D eigenvalue weighted by Gasteiger charge is 2.29. The molecule has 2 heterocycles. The third kappa shape index (κ3) is 3.95. The summed E-state index contributed by atoms with van der Waals surface area (Å²) in [5, 5.41) is 4.09. The third-order valence-electron chi connectivity index (χ3n) is 6.81. The fourth-order valence-electron chi connectivity index (χ4n) is 4.82. The van der Waals surface area contributed by atoms with Crippen molar-refractivity contribution in [3.8, 4) is 28.3 Å². The third-order valence-corrected chi connectivity index (χ3v) is 6.81. The highest BCUT2D eigenvalue weighted by Crippen LogP contribution is 2.37. The molecule has 8 heteroatoms. The molecule has 1 aliphatic carbocycles. The minimum Gasteiger partial charge on any atom is -0.497 e. The Labute approximate surface area is 208 Å². The zero-order chi connectivity index (χ0) is 24.6. The first kappa shape index (κ1) is 22.2. The number of rotatable bonds is 5. The van der Waals surface area contributed by atoms with E-state index < -0.39 is 0 Å². The van der Waals surface area contributed by atoms with Gasteiger partial charge in [0.15, 0.2) is 5.78 Å². The van der Waals surface area contributed by atoms with Crippen LogP contribution in [0.5, 0.6) is 5.75 Å². The van der Waals surface area contributed by atoms with Crippen LogP contribution in [0.2, 0.25) is 0 Å². The second kappa shape index (κ2) is 9.05. The number of benzene rings is 3. The van der Waals surface area contributed by atoms with Gasteiger partial charge in [0.25, 0.3) is 5.91 Å². The molecule has 1 fully saturated rings. The first-order chi connectivity index (χ1) is 17.6. The van der Waals surface area contributed by atoms with Crippen molar-refractivity contribution in [1.82, 2.24) is 19.9 Å². The van der Waals surface area contributed by atoms with Crippen LogP contribution >= 0.6 is 0 Å². The number of amides is 1. The Morgan fingerprint density at radius 1 is 0.917 bits per heavy atom. The highest BCUT2D eigenvalue weighted by atomic mass is 16.5. The lowest BCUT2D eigenvalue weighted by Gasteiger charge is -2.34. The number of nitrogens with zero attached hydrogens (tertiary/aromatic N) is 4. The largest absolute Gasteiger partial charge is 0.497 e. The maximum atomic E-state index is 13.2. The summed E-state index contributed by atoms with van der Waals surface area (Å²) in [5.74, 6) is 1.77. The second-order valence-electron chi connectivity index (χ2n) is 8.94. The van der Waals surface area contributed by atoms with Crippen LogP contribution in [-0.4, -0.2) is 64.9 Å². The molecule has 0 radical (unpaired) electrons. The van der Waals surface area contributed by atoms with E-state index in [9.17, 15) is 9.59 Å². The van der Waals surface area contributed by atoms with Crippen LogP contribution in [0, 0.1) is 0 Å². The fourth-order valence-corrected chi connectivity index (χ4v) is 4.82. The van der Waals surface area contributed by atoms with Crippen LogP contribution in [0.25, 0.3) is 22.5 Å². The Morgan fingerprint density at radius 2 is 1.64 bits per heavy atom. The van der Waals surface area contributed by atoms with Crippen LogP contribution in [-0.2, 0) is 6.54 Å². The number of methoxy groups -OCH3 is 1. The number of hydrogen-bond acceptors (Lipinski definition) is 7. The molecule has 6 rings (SSSR count). The van der Waals surface area contributed by atoms with Crippen molar-refractivity contribution in [2.75, 3.05) is 33.3 Å². The average Bonchev–Trinajstić information content (AvgIpc) is 3.51. The lowest BCUT2D eigenvalue weighted by atomic mass is 10.0. The molecular weight excluding hydrogens is 456 g/mol. The Morgan fingerprint density at radius 3 is 2.39 bits per heavy atom. The molecule has 0 spiro atoms. The zero-order valence-corrected chi connectivity index (χ0v) is 19.8. The van der Waals surface area contributed by atoms with E-state index >= 15 is 0 Å². The summed E-state index contributed by atoms with van der Waals surface area (Å²) in [6.45, 7) is 3.09. The molecular formula is C28H24N4O4. The van der Waals surface area contributed by atoms with Gasteiger partial charge in [0.2, 0.25) is 11.7 Å². The first-order valence-corrected chi connectivity index (χ1v) is 11.9. The minimum absolute atomic E-state index is 0.0198. The van der Waals surface area contributed by atoms with Gasteiger partial charge in [-0.15, -0.1) is 0 Å². The van der Waals surface area contributed by atoms with Crippen LogP contribution in [0.15, 0.2) is 71.3 Å². The number of ketones is 1. The topological polar surface area (TPSA) is 88.8 Å². The minimum atomic E-state index is -0.0548. The lowest BCUT2D eigenvalue weighted by Crippen LogP contribution is -2.48. The second-order valence-corrected chi connectivity index (χ2v) is 8.94. The number of hydrogen-bond donors (Lipinski definition) is 0. The van der Waals surface area contributed by atoms with Crippen molar-refractivity contribution in [3.63, 3.8) is 0 Å². The smallest absolute Gasteiger partial charge is 0.253 e. The van der Waals surface area contributed by atoms with E-state index in [0.29, 0.717) is 61.1 Å². The van der Waals surface area contributed by atoms with E-state index in [4.69, 9.17) is 9.26 Å². The lowest BCUT2D eigenvalue weighted by molar-refractivity contribution is 0.0615. The molecule has 1 amide bonds. The number of piperazine rings is 1. The van der Waals surface area contributed by atoms with Gasteiger partial charge in [-0.25, -0.2) is 0 Å². The molecule has 1 saturated heterocycles. The van der Waals surface area contributed by atoms with E-state index in [2.05, 4.69) is 15.0 Å². The summed E-state index contributed by atoms with van der Waals surface area (Å²) in [5.41, 5.74) is 4.53. The highest BCUT2D eigenvalue weighted by molar-refractivity contribution is 6.22. The van der Waals surface area contributed by atoms with Gasteiger partial charge >= 0.3 is 0 Å². The maximum absolute atomic E-state index is 13.2. The van der Waals surface area contributed by atoms with E-state index in [1.807, 2.05) is 65.6 Å². The SMILES string of the molecule is COc1ccc(-c2noc(CN3CCN(C(=O)c4ccc5c(c4)C(=O)c4ccccc4-5)CC3)n2)cc1. The molecule has 36 heavy (non-hydrogen) atoms. The summed E-state index contributed by atoms with van der Waals surface area (Å²) < 4.78 is 10.6. The Kier molecular flexibility index (Phi) is 5.58. The molecule has 0 bridgehead atoms. The molecule has 0 atom stereocenters. The quantitative estimate of drug-likeness (QED) is 0.377. The monoisotopic (exact) mass is 480 g/mol. The van der Waals surface area contributed by atoms with Gasteiger partial charge in [0.05, 0.1) is 13.7 Å². The average molecular weight is 481 g/mol. The Hall–Kier alpha value is -4.30. The van der Waals surface area contributed by atoms with Gasteiger partial charge in [-0.2, -0.15) is 4.98 Å². The summed E-state index contributed by atoms with van der Waals surface area (Å²) in [7, 11) is 1.63. The van der Waals surface area contributed by atoms with Crippen molar-refractivity contribution in [1.29, 1.82) is 0 Å². The predicted octanol–water partition coefficient (Wildman–Crippen LogP) is 3.91. The van der Waals surface area contributed by atoms with Gasteiger partial charge in [-0.1, -0.05) is 35.5 Å². The zero-order valence-electron chi connectivity index (χ0n) is 19.8. The van der Waals surface area contributed by atoms with Gasteiger partial charge < -0.3 is 14.2 Å². The standard InChI is InChI=1S/C28H24N4O4/c1-35-20-9-6-18(7-10-20)27-29-25(36-30-27)17-31-12-14-32(15-13-31)28(34)19-8-11-22-21-4-2-3-5-23(21)26(33)24(22)16-19/h2-11,16H,12-15,17H2,1H3. The molecule has 8 nitrogen and oxygen atoms in total. The molecule has 0 unspecified atom stereocenters. The molecule has 0 saturated carbocycles. The van der Waals surface area contributed by atoms with Crippen LogP contribution in [0.1, 0.15) is 32.2 Å². The molecule has 0 N–H and O–H groups in total. The van der Waals surface area contributed by atoms with E-state index in [1.165, 1.54) is 0 Å². The summed E-state index contributed by atoms with van der Waals surface area (Å²) in [4.78, 5) is 34.6. The molecule has 3 aromatic carbocycles. The van der Waals surface area contributed by atoms with E-state index in [0.717, 1.165) is 22.4 Å². The van der Waals surface area contributed by atoms with E-state index in [1.54, 1.807) is 13.2 Å². The van der Waals surface area contributed by atoms with Crippen molar-refractivity contribution in [2.45, 2.75) is 6.54 Å². The molecule has 1 aliphatic heterocycles. The van der Waals surface area contributed by atoms with E-state index in [-0.39, 0.29) is 11.7 Å². The molecule has 180 valence electrons. The Bertz CT molecular complexity index is 1450. The van der Waals surface area contributed by atoms with Crippen molar-refractivity contribution in [2.24, 2.45) is 0 Å². The van der Waals surface area contributed by atoms with Crippen molar-refractivity contribution in [3.05, 3.63) is 89.3 Å². The molecule has 2 aliphatic rings. The van der Waals surface area contributed by atoms with Crippen molar-refractivity contribution >= 4 is 11.7 Å².